The Morgan fingerprint density at radius 1 is 1.36 bits per heavy atom. The van der Waals surface area contributed by atoms with Gasteiger partial charge in [0, 0.05) is 24.5 Å². The van der Waals surface area contributed by atoms with Gasteiger partial charge in [0.2, 0.25) is 0 Å². The van der Waals surface area contributed by atoms with E-state index < -0.39 is 0 Å². The first-order valence-electron chi connectivity index (χ1n) is 7.29. The number of benzene rings is 1. The van der Waals surface area contributed by atoms with Crippen molar-refractivity contribution in [3.05, 3.63) is 54.3 Å². The Labute approximate surface area is 130 Å². The zero-order chi connectivity index (χ0) is 15.7. The van der Waals surface area contributed by atoms with Crippen molar-refractivity contribution in [2.24, 2.45) is 4.99 Å². The summed E-state index contributed by atoms with van der Waals surface area (Å²) in [6, 6.07) is 10.6. The molecule has 1 aliphatic carbocycles. The minimum absolute atomic E-state index is 0.242. The van der Waals surface area contributed by atoms with Crippen LogP contribution in [-0.4, -0.2) is 16.6 Å². The molecule has 0 spiro atoms. The minimum Gasteiger partial charge on any atom is -0.303 e. The summed E-state index contributed by atoms with van der Waals surface area (Å²) >= 11 is 0. The molecular weight excluding hydrogens is 272 g/mol. The summed E-state index contributed by atoms with van der Waals surface area (Å²) in [6.07, 6.45) is 5.61. The fourth-order valence-corrected chi connectivity index (χ4v) is 2.58. The standard InChI is InChI=1S/C18H18N4/c1-13(2)22-11-16(21-10-17(22)20-3)14-4-6-15(7-5-14)18(12-19)8-9-18/h4-7,10-11H,1,8-9H2,2-3H3. The van der Waals surface area contributed by atoms with Crippen LogP contribution in [0.5, 0.6) is 0 Å². The van der Waals surface area contributed by atoms with E-state index in [1.165, 1.54) is 0 Å². The third-order valence-electron chi connectivity index (χ3n) is 4.15. The first kappa shape index (κ1) is 14.3. The Kier molecular flexibility index (Phi) is 3.42. The lowest BCUT2D eigenvalue weighted by Gasteiger charge is -2.10. The Morgan fingerprint density at radius 3 is 2.55 bits per heavy atom. The molecule has 0 atom stereocenters. The summed E-state index contributed by atoms with van der Waals surface area (Å²) < 4.78 is 1.92. The van der Waals surface area contributed by atoms with Crippen molar-refractivity contribution < 1.29 is 0 Å². The average molecular weight is 290 g/mol. The fraction of sp³-hybridized carbons (Fsp3) is 0.278. The SMILES string of the molecule is C=C(C)n1cc(-c2ccc(C3(C#N)CC3)cc2)ncc1=NC. The van der Waals surface area contributed by atoms with Gasteiger partial charge in [-0.1, -0.05) is 30.8 Å². The van der Waals surface area contributed by atoms with E-state index in [1.54, 1.807) is 13.2 Å². The maximum absolute atomic E-state index is 9.27. The lowest BCUT2D eigenvalue weighted by atomic mass is 9.96. The Bertz CT molecular complexity index is 831. The highest BCUT2D eigenvalue weighted by Gasteiger charge is 2.44. The molecule has 22 heavy (non-hydrogen) atoms. The molecule has 4 nitrogen and oxygen atoms in total. The van der Waals surface area contributed by atoms with E-state index in [9.17, 15) is 5.26 Å². The van der Waals surface area contributed by atoms with Crippen LogP contribution in [0.15, 0.2) is 48.2 Å². The second-order valence-electron chi connectivity index (χ2n) is 5.73. The maximum Gasteiger partial charge on any atom is 0.150 e. The summed E-state index contributed by atoms with van der Waals surface area (Å²) in [5, 5.41) is 9.27. The maximum atomic E-state index is 9.27. The van der Waals surface area contributed by atoms with Crippen molar-refractivity contribution in [3.63, 3.8) is 0 Å². The van der Waals surface area contributed by atoms with Crippen molar-refractivity contribution in [1.29, 1.82) is 5.26 Å². The zero-order valence-electron chi connectivity index (χ0n) is 12.9. The number of rotatable bonds is 3. The molecule has 1 aliphatic rings. The molecular formula is C18H18N4. The van der Waals surface area contributed by atoms with E-state index in [-0.39, 0.29) is 5.41 Å². The monoisotopic (exact) mass is 290 g/mol. The third-order valence-corrected chi connectivity index (χ3v) is 4.15. The highest BCUT2D eigenvalue weighted by Crippen LogP contribution is 2.47. The van der Waals surface area contributed by atoms with Crippen LogP contribution >= 0.6 is 0 Å². The normalized spacial score (nSPS) is 16.1. The molecule has 2 aromatic rings. The van der Waals surface area contributed by atoms with Gasteiger partial charge in [0.25, 0.3) is 0 Å². The van der Waals surface area contributed by atoms with Gasteiger partial charge in [-0.25, -0.2) is 0 Å². The van der Waals surface area contributed by atoms with Gasteiger partial charge in [-0.2, -0.15) is 5.26 Å². The van der Waals surface area contributed by atoms with Crippen molar-refractivity contribution >= 4 is 5.70 Å². The van der Waals surface area contributed by atoms with Gasteiger partial charge in [0.15, 0.2) is 0 Å². The first-order chi connectivity index (χ1) is 10.6. The van der Waals surface area contributed by atoms with Crippen molar-refractivity contribution in [1.82, 2.24) is 9.55 Å². The number of hydrogen-bond donors (Lipinski definition) is 0. The molecule has 0 saturated heterocycles. The molecule has 1 fully saturated rings. The zero-order valence-corrected chi connectivity index (χ0v) is 12.9. The second kappa shape index (κ2) is 5.27. The molecule has 1 heterocycles. The molecule has 0 radical (unpaired) electrons. The number of aromatic nitrogens is 2. The Balaban J connectivity index is 2.00. The summed E-state index contributed by atoms with van der Waals surface area (Å²) in [5.41, 5.74) is 4.41. The third kappa shape index (κ3) is 2.35. The predicted octanol–water partition coefficient (Wildman–Crippen LogP) is 3.13. The van der Waals surface area contributed by atoms with E-state index in [2.05, 4.69) is 22.6 Å². The molecule has 0 aliphatic heterocycles. The second-order valence-corrected chi connectivity index (χ2v) is 5.73. The summed E-state index contributed by atoms with van der Waals surface area (Å²) in [7, 11) is 1.74. The highest BCUT2D eigenvalue weighted by molar-refractivity contribution is 5.60. The molecule has 1 saturated carbocycles. The molecule has 3 rings (SSSR count). The van der Waals surface area contributed by atoms with Gasteiger partial charge < -0.3 is 4.57 Å². The largest absolute Gasteiger partial charge is 0.303 e. The molecule has 0 N–H and O–H groups in total. The number of hydrogen-bond acceptors (Lipinski definition) is 3. The highest BCUT2D eigenvalue weighted by atomic mass is 15.0. The van der Waals surface area contributed by atoms with E-state index in [1.807, 2.05) is 42.0 Å². The van der Waals surface area contributed by atoms with Crippen LogP contribution in [0.1, 0.15) is 25.3 Å². The van der Waals surface area contributed by atoms with Gasteiger partial charge in [0.05, 0.1) is 23.4 Å². The predicted molar refractivity (Wildman–Crippen MR) is 86.7 cm³/mol. The van der Waals surface area contributed by atoms with Crippen molar-refractivity contribution in [2.75, 3.05) is 7.05 Å². The number of allylic oxidation sites excluding steroid dienone is 1. The van der Waals surface area contributed by atoms with Gasteiger partial charge >= 0.3 is 0 Å². The topological polar surface area (TPSA) is 54.0 Å². The van der Waals surface area contributed by atoms with Crippen molar-refractivity contribution in [2.45, 2.75) is 25.2 Å². The van der Waals surface area contributed by atoms with Gasteiger partial charge in [-0.15, -0.1) is 0 Å². The van der Waals surface area contributed by atoms with E-state index in [0.29, 0.717) is 0 Å². The molecule has 1 aromatic carbocycles. The lowest BCUT2D eigenvalue weighted by molar-refractivity contribution is 0.907. The number of nitriles is 1. The van der Waals surface area contributed by atoms with Crippen LogP contribution < -0.4 is 5.49 Å². The summed E-state index contributed by atoms with van der Waals surface area (Å²) in [6.45, 7) is 5.91. The summed E-state index contributed by atoms with van der Waals surface area (Å²) in [4.78, 5) is 8.67. The number of nitrogens with zero attached hydrogens (tertiary/aromatic N) is 4. The molecule has 4 heteroatoms. The Morgan fingerprint density at radius 2 is 2.05 bits per heavy atom. The molecule has 110 valence electrons. The first-order valence-corrected chi connectivity index (χ1v) is 7.29. The van der Waals surface area contributed by atoms with Crippen LogP contribution in [0.25, 0.3) is 17.0 Å². The van der Waals surface area contributed by atoms with Gasteiger partial charge in [-0.05, 0) is 25.3 Å². The minimum atomic E-state index is -0.242. The lowest BCUT2D eigenvalue weighted by Crippen LogP contribution is -2.19. The molecule has 0 amide bonds. The summed E-state index contributed by atoms with van der Waals surface area (Å²) in [5.74, 6) is 0. The van der Waals surface area contributed by atoms with E-state index in [0.717, 1.165) is 40.8 Å². The van der Waals surface area contributed by atoms with E-state index >= 15 is 0 Å². The van der Waals surface area contributed by atoms with Crippen molar-refractivity contribution in [3.8, 4) is 17.3 Å². The molecule has 0 unspecified atom stereocenters. The van der Waals surface area contributed by atoms with Crippen LogP contribution in [0, 0.1) is 11.3 Å². The smallest absolute Gasteiger partial charge is 0.150 e. The van der Waals surface area contributed by atoms with E-state index in [4.69, 9.17) is 0 Å². The molecule has 0 bridgehead atoms. The van der Waals surface area contributed by atoms with Crippen LogP contribution in [0.3, 0.4) is 0 Å². The Hall–Kier alpha value is -2.67. The average Bonchev–Trinajstić information content (AvgIpc) is 3.35. The quantitative estimate of drug-likeness (QED) is 0.872. The van der Waals surface area contributed by atoms with Crippen LogP contribution in [0.4, 0.5) is 0 Å². The molecule has 1 aromatic heterocycles. The van der Waals surface area contributed by atoms with Crippen LogP contribution in [-0.2, 0) is 5.41 Å². The van der Waals surface area contributed by atoms with Crippen LogP contribution in [0.2, 0.25) is 0 Å². The fourth-order valence-electron chi connectivity index (χ4n) is 2.58. The van der Waals surface area contributed by atoms with Gasteiger partial charge in [0.1, 0.15) is 5.49 Å². The van der Waals surface area contributed by atoms with Gasteiger partial charge in [-0.3, -0.25) is 9.98 Å².